The monoisotopic (exact) mass is 610 g/mol. The molecule has 2 heterocycles. The van der Waals surface area contributed by atoms with Gasteiger partial charge in [-0.3, -0.25) is 0 Å². The number of methoxy groups -OCH3 is 1. The molecule has 1 aliphatic carbocycles. The number of aromatic carboxylic acids is 1. The molecule has 1 aliphatic rings. The molecule has 0 saturated heterocycles. The molecule has 0 radical (unpaired) electrons. The predicted molar refractivity (Wildman–Crippen MR) is 163 cm³/mol. The van der Waals surface area contributed by atoms with E-state index in [0.29, 0.717) is 69.7 Å². The van der Waals surface area contributed by atoms with Crippen molar-refractivity contribution in [2.24, 2.45) is 5.41 Å². The zero-order valence-corrected chi connectivity index (χ0v) is 24.6. The summed E-state index contributed by atoms with van der Waals surface area (Å²) in [5.41, 5.74) is 3.62. The minimum absolute atomic E-state index is 0.150. The highest BCUT2D eigenvalue weighted by Crippen LogP contribution is 2.50. The van der Waals surface area contributed by atoms with Gasteiger partial charge in [-0.25, -0.2) is 19.2 Å². The molecular formula is C34H28ClFN4O4. The van der Waals surface area contributed by atoms with Gasteiger partial charge in [0.15, 0.2) is 0 Å². The highest BCUT2D eigenvalue weighted by Gasteiger charge is 2.43. The van der Waals surface area contributed by atoms with Crippen molar-refractivity contribution in [3.8, 4) is 29.0 Å². The van der Waals surface area contributed by atoms with E-state index in [1.807, 2.05) is 16.7 Å². The van der Waals surface area contributed by atoms with Gasteiger partial charge in [0.25, 0.3) is 0 Å². The number of ether oxygens (including phenoxy) is 2. The number of aromatic nitrogens is 3. The maximum Gasteiger partial charge on any atom is 0.335 e. The zero-order valence-electron chi connectivity index (χ0n) is 23.9. The molecule has 6 rings (SSSR count). The van der Waals surface area contributed by atoms with E-state index in [1.165, 1.54) is 12.1 Å². The topological polar surface area (TPSA) is 110 Å². The number of imidazole rings is 1. The maximum absolute atomic E-state index is 15.5. The predicted octanol–water partition coefficient (Wildman–Crippen LogP) is 7.46. The van der Waals surface area contributed by atoms with E-state index in [1.54, 1.807) is 55.6 Å². The lowest BCUT2D eigenvalue weighted by atomic mass is 10.0. The zero-order chi connectivity index (χ0) is 30.8. The molecule has 10 heteroatoms. The van der Waals surface area contributed by atoms with Crippen molar-refractivity contribution < 1.29 is 23.8 Å². The quantitative estimate of drug-likeness (QED) is 0.165. The van der Waals surface area contributed by atoms with Crippen LogP contribution in [-0.4, -0.2) is 32.7 Å². The Morgan fingerprint density at radius 1 is 1.11 bits per heavy atom. The maximum atomic E-state index is 15.5. The average molecular weight is 611 g/mol. The van der Waals surface area contributed by atoms with Crippen molar-refractivity contribution in [2.75, 3.05) is 7.11 Å². The summed E-state index contributed by atoms with van der Waals surface area (Å²) in [4.78, 5) is 21.0. The normalized spacial score (nSPS) is 13.4. The summed E-state index contributed by atoms with van der Waals surface area (Å²) in [6.07, 6.45) is 2.59. The summed E-state index contributed by atoms with van der Waals surface area (Å²) >= 11 is 6.05. The van der Waals surface area contributed by atoms with E-state index in [4.69, 9.17) is 26.1 Å². The van der Waals surface area contributed by atoms with E-state index >= 15 is 4.39 Å². The van der Waals surface area contributed by atoms with Gasteiger partial charge in [0.1, 0.15) is 24.0 Å². The molecule has 1 saturated carbocycles. The highest BCUT2D eigenvalue weighted by atomic mass is 35.5. The molecule has 0 aliphatic heterocycles. The fourth-order valence-electron chi connectivity index (χ4n) is 5.38. The Morgan fingerprint density at radius 2 is 1.95 bits per heavy atom. The van der Waals surface area contributed by atoms with Gasteiger partial charge in [-0.1, -0.05) is 29.8 Å². The lowest BCUT2D eigenvalue weighted by Gasteiger charge is -2.16. The Morgan fingerprint density at radius 3 is 2.68 bits per heavy atom. The number of hydrogen-bond acceptors (Lipinski definition) is 6. The van der Waals surface area contributed by atoms with Crippen LogP contribution in [0.1, 0.15) is 46.6 Å². The first-order valence-electron chi connectivity index (χ1n) is 14.1. The van der Waals surface area contributed by atoms with E-state index in [9.17, 15) is 15.2 Å². The summed E-state index contributed by atoms with van der Waals surface area (Å²) in [5.74, 6) is 0.160. The van der Waals surface area contributed by atoms with Crippen molar-refractivity contribution in [1.82, 2.24) is 14.5 Å². The Hall–Kier alpha value is -4.94. The second-order valence-corrected chi connectivity index (χ2v) is 11.5. The summed E-state index contributed by atoms with van der Waals surface area (Å²) in [7, 11) is 1.56. The van der Waals surface area contributed by atoms with Gasteiger partial charge in [0, 0.05) is 47.0 Å². The number of hydrogen-bond donors (Lipinski definition) is 1. The van der Waals surface area contributed by atoms with Crippen LogP contribution in [0.5, 0.6) is 11.6 Å². The van der Waals surface area contributed by atoms with Crippen LogP contribution in [0.3, 0.4) is 0 Å². The first kappa shape index (κ1) is 29.1. The summed E-state index contributed by atoms with van der Waals surface area (Å²) in [6.45, 7) is 0.747. The van der Waals surface area contributed by atoms with E-state index < -0.39 is 11.8 Å². The first-order valence-corrected chi connectivity index (χ1v) is 14.5. The Labute approximate surface area is 258 Å². The number of rotatable bonds is 11. The number of fused-ring (bicyclic) bond motifs is 1. The standard InChI is InChI=1S/C34H28ClFN4O4/c1-43-30-18-24(35)8-6-23(30)19-44-32-4-2-3-27(39-32)25-9-5-21(15-26(25)36)16-31-38-28-10-7-22(33(41)42)17-29(28)40(31)20-34(11-12-34)13-14-37/h2-10,15,17-18H,11-13,16,19-20H2,1H3,(H,41,42). The van der Waals surface area contributed by atoms with Gasteiger partial charge < -0.3 is 19.1 Å². The molecule has 5 aromatic rings. The summed E-state index contributed by atoms with van der Waals surface area (Å²) in [6, 6.07) is 22.6. The molecule has 8 nitrogen and oxygen atoms in total. The van der Waals surface area contributed by atoms with Gasteiger partial charge in [0.05, 0.1) is 35.5 Å². The van der Waals surface area contributed by atoms with Crippen molar-refractivity contribution in [3.05, 3.63) is 106 Å². The molecule has 1 N–H and O–H groups in total. The van der Waals surface area contributed by atoms with E-state index in [0.717, 1.165) is 18.4 Å². The molecule has 0 spiro atoms. The van der Waals surface area contributed by atoms with Gasteiger partial charge in [-0.15, -0.1) is 0 Å². The van der Waals surface area contributed by atoms with Crippen molar-refractivity contribution >= 4 is 28.6 Å². The third-order valence-corrected chi connectivity index (χ3v) is 8.23. The lowest BCUT2D eigenvalue weighted by Crippen LogP contribution is -2.14. The number of carbonyl (C=O) groups is 1. The number of carboxylic acid groups (broad SMARTS) is 1. The second kappa shape index (κ2) is 12.0. The fourth-order valence-corrected chi connectivity index (χ4v) is 5.54. The number of halogens is 2. The van der Waals surface area contributed by atoms with Gasteiger partial charge in [0.2, 0.25) is 5.88 Å². The molecule has 44 heavy (non-hydrogen) atoms. The second-order valence-electron chi connectivity index (χ2n) is 11.1. The number of pyridine rings is 1. The largest absolute Gasteiger partial charge is 0.496 e. The van der Waals surface area contributed by atoms with Crippen LogP contribution in [0.15, 0.2) is 72.8 Å². The first-order chi connectivity index (χ1) is 21.3. The smallest absolute Gasteiger partial charge is 0.335 e. The summed E-state index contributed by atoms with van der Waals surface area (Å²) in [5, 5.41) is 19.5. The molecule has 0 amide bonds. The SMILES string of the molecule is COc1cc(Cl)ccc1COc1cccc(-c2ccc(Cc3nc4ccc(C(=O)O)cc4n3CC3(CC#N)CC3)cc2F)n1. The molecule has 222 valence electrons. The Kier molecular flexibility index (Phi) is 7.93. The fraction of sp³-hybridized carbons (Fsp3) is 0.235. The molecule has 2 aromatic heterocycles. The lowest BCUT2D eigenvalue weighted by molar-refractivity contribution is 0.0697. The number of benzene rings is 3. The minimum Gasteiger partial charge on any atom is -0.496 e. The van der Waals surface area contributed by atoms with Crippen molar-refractivity contribution in [2.45, 2.75) is 38.8 Å². The third kappa shape index (κ3) is 6.08. The average Bonchev–Trinajstić information content (AvgIpc) is 3.70. The molecule has 0 bridgehead atoms. The third-order valence-electron chi connectivity index (χ3n) is 8.00. The van der Waals surface area contributed by atoms with Crippen LogP contribution in [0.4, 0.5) is 4.39 Å². The highest BCUT2D eigenvalue weighted by molar-refractivity contribution is 6.30. The van der Waals surface area contributed by atoms with Crippen LogP contribution < -0.4 is 9.47 Å². The van der Waals surface area contributed by atoms with Crippen molar-refractivity contribution in [1.29, 1.82) is 5.26 Å². The van der Waals surface area contributed by atoms with Crippen LogP contribution in [-0.2, 0) is 19.6 Å². The molecule has 0 atom stereocenters. The van der Waals surface area contributed by atoms with Crippen LogP contribution in [0.2, 0.25) is 5.02 Å². The van der Waals surface area contributed by atoms with Gasteiger partial charge in [-0.2, -0.15) is 5.26 Å². The minimum atomic E-state index is -1.02. The molecular weight excluding hydrogens is 583 g/mol. The Balaban J connectivity index is 1.25. The van der Waals surface area contributed by atoms with Gasteiger partial charge in [-0.05, 0) is 66.9 Å². The van der Waals surface area contributed by atoms with Crippen LogP contribution in [0.25, 0.3) is 22.3 Å². The molecule has 1 fully saturated rings. The van der Waals surface area contributed by atoms with Gasteiger partial charge >= 0.3 is 5.97 Å². The van der Waals surface area contributed by atoms with E-state index in [-0.39, 0.29) is 17.6 Å². The van der Waals surface area contributed by atoms with Crippen LogP contribution >= 0.6 is 11.6 Å². The van der Waals surface area contributed by atoms with Crippen LogP contribution in [0, 0.1) is 22.6 Å². The Bertz CT molecular complexity index is 1930. The van der Waals surface area contributed by atoms with E-state index in [2.05, 4.69) is 11.1 Å². The number of nitriles is 1. The number of nitrogens with zero attached hydrogens (tertiary/aromatic N) is 4. The molecule has 0 unspecified atom stereocenters. The van der Waals surface area contributed by atoms with Crippen molar-refractivity contribution in [3.63, 3.8) is 0 Å². The molecule has 3 aromatic carbocycles. The number of carboxylic acids is 1. The summed E-state index contributed by atoms with van der Waals surface area (Å²) < 4.78 is 28.8.